The number of ether oxygens (including phenoxy) is 2. The van der Waals surface area contributed by atoms with Gasteiger partial charge in [-0.3, -0.25) is 0 Å². The second-order valence-corrected chi connectivity index (χ2v) is 3.61. The molecule has 82 valence electrons. The quantitative estimate of drug-likeness (QED) is 0.471. The van der Waals surface area contributed by atoms with Gasteiger partial charge in [-0.1, -0.05) is 0 Å². The summed E-state index contributed by atoms with van der Waals surface area (Å²) in [6, 6.07) is 4.34. The van der Waals surface area contributed by atoms with E-state index in [-0.39, 0.29) is 11.3 Å². The molecule has 0 amide bonds. The van der Waals surface area contributed by atoms with Gasteiger partial charge >= 0.3 is 5.97 Å². The van der Waals surface area contributed by atoms with Gasteiger partial charge in [0.1, 0.15) is 22.5 Å². The summed E-state index contributed by atoms with van der Waals surface area (Å²) in [6.45, 7) is 1.61. The lowest BCUT2D eigenvalue weighted by molar-refractivity contribution is 0.0481. The highest BCUT2D eigenvalue weighted by Gasteiger charge is 2.15. The number of carbonyl (C=O) groups is 1. The molecule has 4 nitrogen and oxygen atoms in total. The van der Waals surface area contributed by atoms with Gasteiger partial charge in [0.15, 0.2) is 0 Å². The third-order valence-corrected chi connectivity index (χ3v) is 1.81. The van der Waals surface area contributed by atoms with E-state index in [1.54, 1.807) is 13.0 Å². The van der Waals surface area contributed by atoms with E-state index in [2.05, 4.69) is 12.6 Å². The number of thiol groups is 1. The van der Waals surface area contributed by atoms with Crippen LogP contribution in [0.15, 0.2) is 18.2 Å². The Hall–Kier alpha value is -1.36. The van der Waals surface area contributed by atoms with Gasteiger partial charge in [0.25, 0.3) is 0 Å². The van der Waals surface area contributed by atoms with E-state index >= 15 is 0 Å². The SMILES string of the molecule is COc1ccc(O)c(C(=O)OC(C)S)c1. The Morgan fingerprint density at radius 3 is 2.73 bits per heavy atom. The minimum atomic E-state index is -0.631. The van der Waals surface area contributed by atoms with Crippen LogP contribution in [0.5, 0.6) is 11.5 Å². The standard InChI is InChI=1S/C10H12O4S/c1-6(15)14-10(12)8-5-7(13-2)3-4-9(8)11/h3-6,11,15H,1-2H3. The van der Waals surface area contributed by atoms with Gasteiger partial charge in [0.05, 0.1) is 7.11 Å². The topological polar surface area (TPSA) is 55.8 Å². The largest absolute Gasteiger partial charge is 0.507 e. The lowest BCUT2D eigenvalue weighted by Crippen LogP contribution is -2.10. The summed E-state index contributed by atoms with van der Waals surface area (Å²) in [5, 5.41) is 9.43. The predicted molar refractivity (Wildman–Crippen MR) is 58.5 cm³/mol. The van der Waals surface area contributed by atoms with Gasteiger partial charge in [-0.05, 0) is 25.1 Å². The highest BCUT2D eigenvalue weighted by atomic mass is 32.1. The molecule has 1 aromatic rings. The van der Waals surface area contributed by atoms with E-state index in [0.717, 1.165) is 0 Å². The fraction of sp³-hybridized carbons (Fsp3) is 0.300. The summed E-state index contributed by atoms with van der Waals surface area (Å²) in [5.74, 6) is -0.296. The van der Waals surface area contributed by atoms with Crippen molar-refractivity contribution in [3.05, 3.63) is 23.8 Å². The van der Waals surface area contributed by atoms with E-state index in [9.17, 15) is 9.90 Å². The van der Waals surface area contributed by atoms with Gasteiger partial charge in [-0.25, -0.2) is 4.79 Å². The van der Waals surface area contributed by atoms with E-state index in [1.807, 2.05) is 0 Å². The van der Waals surface area contributed by atoms with Gasteiger partial charge in [-0.2, -0.15) is 0 Å². The Bertz CT molecular complexity index is 362. The first kappa shape index (κ1) is 11.7. The summed E-state index contributed by atoms with van der Waals surface area (Å²) in [6.07, 6.45) is 0. The van der Waals surface area contributed by atoms with Crippen molar-refractivity contribution in [3.63, 3.8) is 0 Å². The van der Waals surface area contributed by atoms with Gasteiger partial charge in [0.2, 0.25) is 0 Å². The van der Waals surface area contributed by atoms with Crippen LogP contribution in [0, 0.1) is 0 Å². The minimum Gasteiger partial charge on any atom is -0.507 e. The molecule has 0 heterocycles. The van der Waals surface area contributed by atoms with Crippen molar-refractivity contribution >= 4 is 18.6 Å². The fourth-order valence-corrected chi connectivity index (χ4v) is 1.12. The van der Waals surface area contributed by atoms with Crippen LogP contribution >= 0.6 is 12.6 Å². The molecule has 1 rings (SSSR count). The second-order valence-electron chi connectivity index (χ2n) is 2.89. The van der Waals surface area contributed by atoms with E-state index < -0.39 is 11.4 Å². The number of hydrogen-bond acceptors (Lipinski definition) is 5. The number of rotatable bonds is 3. The summed E-state index contributed by atoms with van der Waals surface area (Å²) >= 11 is 3.91. The van der Waals surface area contributed by atoms with Crippen molar-refractivity contribution in [1.29, 1.82) is 0 Å². The molecule has 0 saturated heterocycles. The molecule has 1 N–H and O–H groups in total. The molecule has 15 heavy (non-hydrogen) atoms. The van der Waals surface area contributed by atoms with Crippen molar-refractivity contribution in [2.75, 3.05) is 7.11 Å². The molecule has 0 fully saturated rings. The summed E-state index contributed by atoms with van der Waals surface area (Å²) < 4.78 is 9.75. The molecular weight excluding hydrogens is 216 g/mol. The lowest BCUT2D eigenvalue weighted by Gasteiger charge is -2.09. The summed E-state index contributed by atoms with van der Waals surface area (Å²) in [4.78, 5) is 11.5. The van der Waals surface area contributed by atoms with Crippen molar-refractivity contribution in [2.24, 2.45) is 0 Å². The van der Waals surface area contributed by atoms with Gasteiger partial charge < -0.3 is 14.6 Å². The first-order chi connectivity index (χ1) is 7.04. The zero-order valence-corrected chi connectivity index (χ0v) is 9.32. The van der Waals surface area contributed by atoms with Gasteiger partial charge in [-0.15, -0.1) is 12.6 Å². The number of phenolic OH excluding ortho intramolecular Hbond substituents is 1. The summed E-state index contributed by atoms with van der Waals surface area (Å²) in [7, 11) is 1.47. The molecule has 0 saturated carbocycles. The highest BCUT2D eigenvalue weighted by molar-refractivity contribution is 7.80. The van der Waals surface area contributed by atoms with Crippen LogP contribution in [0.4, 0.5) is 0 Å². The van der Waals surface area contributed by atoms with E-state index in [1.165, 1.54) is 19.2 Å². The average molecular weight is 228 g/mol. The maximum atomic E-state index is 11.5. The first-order valence-corrected chi connectivity index (χ1v) is 4.82. The smallest absolute Gasteiger partial charge is 0.343 e. The Labute approximate surface area is 93.2 Å². The zero-order valence-electron chi connectivity index (χ0n) is 8.43. The molecular formula is C10H12O4S. The van der Waals surface area contributed by atoms with Crippen LogP contribution in [-0.4, -0.2) is 23.6 Å². The number of hydrogen-bond donors (Lipinski definition) is 2. The first-order valence-electron chi connectivity index (χ1n) is 4.30. The average Bonchev–Trinajstić information content (AvgIpc) is 2.17. The van der Waals surface area contributed by atoms with Crippen molar-refractivity contribution in [1.82, 2.24) is 0 Å². The molecule has 1 aromatic carbocycles. The maximum absolute atomic E-state index is 11.5. The molecule has 1 unspecified atom stereocenters. The Morgan fingerprint density at radius 1 is 1.53 bits per heavy atom. The van der Waals surface area contributed by atoms with E-state index in [0.29, 0.717) is 5.75 Å². The molecule has 5 heteroatoms. The highest BCUT2D eigenvalue weighted by Crippen LogP contribution is 2.24. The van der Waals surface area contributed by atoms with Crippen LogP contribution in [0.1, 0.15) is 17.3 Å². The van der Waals surface area contributed by atoms with Crippen LogP contribution in [0.25, 0.3) is 0 Å². The number of phenols is 1. The van der Waals surface area contributed by atoms with Crippen LogP contribution in [-0.2, 0) is 4.74 Å². The Balaban J connectivity index is 2.96. The number of methoxy groups -OCH3 is 1. The third kappa shape index (κ3) is 3.06. The molecule has 0 spiro atoms. The number of esters is 1. The molecule has 0 radical (unpaired) electrons. The third-order valence-electron chi connectivity index (χ3n) is 1.70. The molecule has 0 aliphatic rings. The maximum Gasteiger partial charge on any atom is 0.343 e. The summed E-state index contributed by atoms with van der Waals surface area (Å²) in [5.41, 5.74) is -0.460. The minimum absolute atomic E-state index is 0.0650. The molecule has 0 bridgehead atoms. The number of carbonyl (C=O) groups excluding carboxylic acids is 1. The van der Waals surface area contributed by atoms with Crippen LogP contribution < -0.4 is 4.74 Å². The van der Waals surface area contributed by atoms with Crippen molar-refractivity contribution in [3.8, 4) is 11.5 Å². The lowest BCUT2D eigenvalue weighted by atomic mass is 10.2. The normalized spacial score (nSPS) is 11.9. The monoisotopic (exact) mass is 228 g/mol. The predicted octanol–water partition coefficient (Wildman–Crippen LogP) is 1.83. The van der Waals surface area contributed by atoms with Gasteiger partial charge in [0, 0.05) is 0 Å². The second kappa shape index (κ2) is 4.93. The molecule has 0 aromatic heterocycles. The molecule has 1 atom stereocenters. The van der Waals surface area contributed by atoms with Crippen LogP contribution in [0.2, 0.25) is 0 Å². The number of aromatic hydroxyl groups is 1. The fourth-order valence-electron chi connectivity index (χ4n) is 1.02. The van der Waals surface area contributed by atoms with Crippen molar-refractivity contribution in [2.45, 2.75) is 12.4 Å². The van der Waals surface area contributed by atoms with E-state index in [4.69, 9.17) is 9.47 Å². The van der Waals surface area contributed by atoms with Crippen LogP contribution in [0.3, 0.4) is 0 Å². The molecule has 0 aliphatic carbocycles. The molecule has 0 aliphatic heterocycles. The van der Waals surface area contributed by atoms with Crippen molar-refractivity contribution < 1.29 is 19.4 Å². The number of benzene rings is 1. The Morgan fingerprint density at radius 2 is 2.20 bits per heavy atom. The zero-order chi connectivity index (χ0) is 11.4. The Kier molecular flexibility index (Phi) is 3.85.